The summed E-state index contributed by atoms with van der Waals surface area (Å²) in [6.07, 6.45) is 36.1. The van der Waals surface area contributed by atoms with Gasteiger partial charge in [-0.25, -0.2) is 0 Å². The van der Waals surface area contributed by atoms with Gasteiger partial charge in [0.1, 0.15) is 31.2 Å². The quantitative estimate of drug-likeness (QED) is 0.0451. The lowest BCUT2D eigenvalue weighted by Gasteiger charge is -2.30. The Kier molecular flexibility index (Phi) is 30.1. The minimum absolute atomic E-state index is 0.147. The van der Waals surface area contributed by atoms with Crippen LogP contribution < -0.4 is 0 Å². The van der Waals surface area contributed by atoms with Gasteiger partial charge in [-0.05, 0) is 79.4 Å². The number of methoxy groups -OCH3 is 1. The molecule has 0 N–H and O–H groups in total. The molecule has 0 bridgehead atoms. The van der Waals surface area contributed by atoms with Gasteiger partial charge in [0, 0.05) is 13.7 Å². The van der Waals surface area contributed by atoms with E-state index in [1.54, 1.807) is 7.11 Å². The lowest BCUT2D eigenvalue weighted by atomic mass is 10.0. The van der Waals surface area contributed by atoms with E-state index in [2.05, 4.69) is 18.7 Å². The predicted octanol–water partition coefficient (Wildman–Crippen LogP) is 12.5. The van der Waals surface area contributed by atoms with Crippen molar-refractivity contribution in [2.24, 2.45) is 0 Å². The SMILES string of the molecule is CCCCCCCCCCCCCCN(CCCCCCCCCCCCCC)CCCCCOC[C@@H]1OC(C)(C)O[C@H]1[C@@H](OCOC)[C@H]1COC(C)(C)O1. The van der Waals surface area contributed by atoms with E-state index >= 15 is 0 Å². The molecule has 0 unspecified atom stereocenters. The van der Waals surface area contributed by atoms with Crippen molar-refractivity contribution in [3.63, 3.8) is 0 Å². The highest BCUT2D eigenvalue weighted by Gasteiger charge is 2.51. The van der Waals surface area contributed by atoms with Gasteiger partial charge in [-0.1, -0.05) is 155 Å². The Balaban J connectivity index is 1.67. The van der Waals surface area contributed by atoms with Crippen LogP contribution in [0.5, 0.6) is 0 Å². The van der Waals surface area contributed by atoms with Gasteiger partial charge in [0.05, 0.1) is 13.2 Å². The van der Waals surface area contributed by atoms with E-state index in [9.17, 15) is 0 Å². The number of hydrogen-bond acceptors (Lipinski definition) is 8. The monoisotopic (exact) mass is 784 g/mol. The van der Waals surface area contributed by atoms with Crippen LogP contribution in [-0.2, 0) is 33.2 Å². The smallest absolute Gasteiger partial charge is 0.164 e. The summed E-state index contributed by atoms with van der Waals surface area (Å²) in [5, 5.41) is 0. The number of nitrogens with zero attached hydrogens (tertiary/aromatic N) is 1. The van der Waals surface area contributed by atoms with E-state index in [-0.39, 0.29) is 25.1 Å². The summed E-state index contributed by atoms with van der Waals surface area (Å²) in [5.74, 6) is -1.39. The largest absolute Gasteiger partial charge is 0.379 e. The van der Waals surface area contributed by atoms with Crippen molar-refractivity contribution < 1.29 is 33.2 Å². The van der Waals surface area contributed by atoms with Gasteiger partial charge in [0.15, 0.2) is 11.6 Å². The molecule has 55 heavy (non-hydrogen) atoms. The molecule has 2 rings (SSSR count). The first kappa shape index (κ1) is 50.8. The molecule has 0 radical (unpaired) electrons. The third kappa shape index (κ3) is 25.7. The molecule has 2 heterocycles. The Morgan fingerprint density at radius 3 is 1.40 bits per heavy atom. The molecule has 0 aromatic carbocycles. The van der Waals surface area contributed by atoms with Gasteiger partial charge in [-0.15, -0.1) is 0 Å². The highest BCUT2D eigenvalue weighted by Crippen LogP contribution is 2.36. The Morgan fingerprint density at radius 1 is 0.545 bits per heavy atom. The summed E-state index contributed by atoms with van der Waals surface area (Å²) >= 11 is 0. The van der Waals surface area contributed by atoms with Crippen LogP contribution in [0.25, 0.3) is 0 Å². The van der Waals surface area contributed by atoms with E-state index in [1.165, 1.54) is 187 Å². The lowest BCUT2D eigenvalue weighted by Crippen LogP contribution is -2.48. The van der Waals surface area contributed by atoms with Crippen LogP contribution in [0.3, 0.4) is 0 Å². The molecule has 4 atom stereocenters. The van der Waals surface area contributed by atoms with Crippen LogP contribution in [-0.4, -0.2) is 94.2 Å². The van der Waals surface area contributed by atoms with E-state index in [0.29, 0.717) is 13.2 Å². The molecule has 2 fully saturated rings. The number of rotatable bonds is 39. The molecular formula is C47H93NO7. The van der Waals surface area contributed by atoms with Gasteiger partial charge >= 0.3 is 0 Å². The molecule has 8 heteroatoms. The van der Waals surface area contributed by atoms with Gasteiger partial charge in [-0.2, -0.15) is 0 Å². The van der Waals surface area contributed by atoms with Crippen LogP contribution in [0.1, 0.15) is 215 Å². The second-order valence-electron chi connectivity index (χ2n) is 17.8. The van der Waals surface area contributed by atoms with Crippen molar-refractivity contribution in [1.29, 1.82) is 0 Å². The second kappa shape index (κ2) is 32.5. The summed E-state index contributed by atoms with van der Waals surface area (Å²) in [4.78, 5) is 2.78. The summed E-state index contributed by atoms with van der Waals surface area (Å²) in [6.45, 7) is 17.9. The number of unbranched alkanes of at least 4 members (excludes halogenated alkanes) is 24. The maximum Gasteiger partial charge on any atom is 0.164 e. The zero-order valence-electron chi connectivity index (χ0n) is 37.7. The first-order chi connectivity index (χ1) is 26.7. The summed E-state index contributed by atoms with van der Waals surface area (Å²) < 4.78 is 42.3. The van der Waals surface area contributed by atoms with Crippen LogP contribution in [0.4, 0.5) is 0 Å². The van der Waals surface area contributed by atoms with Gasteiger partial charge < -0.3 is 38.1 Å². The summed E-state index contributed by atoms with van der Waals surface area (Å²) in [7, 11) is 1.63. The Morgan fingerprint density at radius 2 is 0.982 bits per heavy atom. The van der Waals surface area contributed by atoms with Crippen molar-refractivity contribution in [2.45, 2.75) is 251 Å². The standard InChI is InChI=1S/C47H93NO7/c1-8-10-12-14-16-18-20-22-24-26-28-31-35-48(36-32-29-27-25-23-21-19-17-15-13-11-9-2)37-33-30-34-38-50-39-42-45(55-47(5,6)54-42)44(51-41-49-7)43-40-52-46(3,4)53-43/h42-45H,8-41H2,1-7H3/t42-,43+,44-,45+/m0/s1. The number of hydrogen-bond donors (Lipinski definition) is 0. The maximum absolute atomic E-state index is 6.37. The normalized spacial score (nSPS) is 21.3. The fourth-order valence-electron chi connectivity index (χ4n) is 8.31. The molecule has 8 nitrogen and oxygen atoms in total. The van der Waals surface area contributed by atoms with Crippen molar-refractivity contribution >= 4 is 0 Å². The molecule has 0 aliphatic carbocycles. The van der Waals surface area contributed by atoms with Gasteiger partial charge in [0.25, 0.3) is 0 Å². The molecular weight excluding hydrogens is 691 g/mol. The highest BCUT2D eigenvalue weighted by molar-refractivity contribution is 4.93. The molecule has 0 aromatic heterocycles. The van der Waals surface area contributed by atoms with Crippen LogP contribution in [0.15, 0.2) is 0 Å². The number of ether oxygens (including phenoxy) is 7. The first-order valence-corrected chi connectivity index (χ1v) is 23.8. The fourth-order valence-corrected chi connectivity index (χ4v) is 8.31. The second-order valence-corrected chi connectivity index (χ2v) is 17.8. The predicted molar refractivity (Wildman–Crippen MR) is 229 cm³/mol. The molecule has 2 aliphatic rings. The highest BCUT2D eigenvalue weighted by atomic mass is 16.8. The first-order valence-electron chi connectivity index (χ1n) is 23.8. The minimum Gasteiger partial charge on any atom is -0.379 e. The third-order valence-electron chi connectivity index (χ3n) is 11.5. The Labute approximate surface area is 341 Å². The zero-order chi connectivity index (χ0) is 39.9. The molecule has 0 aromatic rings. The van der Waals surface area contributed by atoms with E-state index in [0.717, 1.165) is 13.0 Å². The maximum atomic E-state index is 6.37. The van der Waals surface area contributed by atoms with Crippen LogP contribution >= 0.6 is 0 Å². The van der Waals surface area contributed by atoms with E-state index < -0.39 is 17.7 Å². The average Bonchev–Trinajstić information content (AvgIpc) is 3.68. The molecule has 0 spiro atoms. The third-order valence-corrected chi connectivity index (χ3v) is 11.5. The van der Waals surface area contributed by atoms with E-state index in [1.807, 2.05) is 27.7 Å². The Hall–Kier alpha value is -0.320. The molecule has 0 amide bonds. The minimum atomic E-state index is -0.729. The average molecular weight is 784 g/mol. The Bertz CT molecular complexity index is 829. The molecule has 328 valence electrons. The van der Waals surface area contributed by atoms with Crippen LogP contribution in [0, 0.1) is 0 Å². The summed E-state index contributed by atoms with van der Waals surface area (Å²) in [5.41, 5.74) is 0. The molecule has 2 aliphatic heterocycles. The summed E-state index contributed by atoms with van der Waals surface area (Å²) in [6, 6.07) is 0. The van der Waals surface area contributed by atoms with Crippen molar-refractivity contribution in [3.05, 3.63) is 0 Å². The topological polar surface area (TPSA) is 67.9 Å². The molecule has 0 saturated carbocycles. The van der Waals surface area contributed by atoms with Crippen molar-refractivity contribution in [2.75, 3.05) is 53.4 Å². The zero-order valence-corrected chi connectivity index (χ0v) is 37.7. The van der Waals surface area contributed by atoms with Gasteiger partial charge in [0.2, 0.25) is 0 Å². The van der Waals surface area contributed by atoms with Crippen LogP contribution in [0.2, 0.25) is 0 Å². The van der Waals surface area contributed by atoms with Crippen molar-refractivity contribution in [1.82, 2.24) is 4.90 Å². The van der Waals surface area contributed by atoms with Crippen molar-refractivity contribution in [3.8, 4) is 0 Å². The molecule has 2 saturated heterocycles. The lowest BCUT2D eigenvalue weighted by molar-refractivity contribution is -0.204. The van der Waals surface area contributed by atoms with E-state index in [4.69, 9.17) is 33.2 Å². The fraction of sp³-hybridized carbons (Fsp3) is 1.00. The van der Waals surface area contributed by atoms with Gasteiger partial charge in [-0.3, -0.25) is 0 Å².